The number of aryl methyl sites for hydroxylation is 3. The standard InChI is InChI=1S/C13H16N4O3S/c1-7-6-21-11(15-7)5-14-13(19)17-16-12(18)10-4-8(2)20-9(10)3/h4,6H,5H2,1-3H3,(H,16,18)(H2,14,17,19). The van der Waals surface area contributed by atoms with E-state index in [1.807, 2.05) is 12.3 Å². The summed E-state index contributed by atoms with van der Waals surface area (Å²) in [6.45, 7) is 5.63. The first-order valence-electron chi connectivity index (χ1n) is 6.28. The molecule has 7 nitrogen and oxygen atoms in total. The summed E-state index contributed by atoms with van der Waals surface area (Å²) >= 11 is 1.46. The van der Waals surface area contributed by atoms with Crippen LogP contribution in [0.4, 0.5) is 4.79 Å². The van der Waals surface area contributed by atoms with Gasteiger partial charge in [-0.3, -0.25) is 10.2 Å². The number of amides is 3. The van der Waals surface area contributed by atoms with Crippen molar-refractivity contribution in [2.45, 2.75) is 27.3 Å². The summed E-state index contributed by atoms with van der Waals surface area (Å²) in [5.74, 6) is 0.719. The van der Waals surface area contributed by atoms with Gasteiger partial charge in [-0.2, -0.15) is 0 Å². The van der Waals surface area contributed by atoms with Crippen molar-refractivity contribution in [1.29, 1.82) is 0 Å². The number of urea groups is 1. The summed E-state index contributed by atoms with van der Waals surface area (Å²) in [6, 6.07) is 1.11. The summed E-state index contributed by atoms with van der Waals surface area (Å²) in [6.07, 6.45) is 0. The minimum Gasteiger partial charge on any atom is -0.466 e. The van der Waals surface area contributed by atoms with Gasteiger partial charge < -0.3 is 9.73 Å². The van der Waals surface area contributed by atoms with E-state index in [4.69, 9.17) is 4.42 Å². The highest BCUT2D eigenvalue weighted by Crippen LogP contribution is 2.12. The van der Waals surface area contributed by atoms with Crippen LogP contribution in [0.15, 0.2) is 15.9 Å². The second-order valence-electron chi connectivity index (χ2n) is 4.47. The van der Waals surface area contributed by atoms with E-state index < -0.39 is 11.9 Å². The van der Waals surface area contributed by atoms with Gasteiger partial charge in [-0.25, -0.2) is 15.2 Å². The molecule has 112 valence electrons. The van der Waals surface area contributed by atoms with Crippen molar-refractivity contribution in [3.05, 3.63) is 39.2 Å². The molecule has 21 heavy (non-hydrogen) atoms. The lowest BCUT2D eigenvalue weighted by molar-refractivity contribution is 0.0934. The molecule has 0 spiro atoms. The van der Waals surface area contributed by atoms with E-state index in [9.17, 15) is 9.59 Å². The van der Waals surface area contributed by atoms with Crippen molar-refractivity contribution in [1.82, 2.24) is 21.2 Å². The SMILES string of the molecule is Cc1csc(CNC(=O)NNC(=O)c2cc(C)oc2C)n1. The molecule has 3 N–H and O–H groups in total. The first kappa shape index (κ1) is 15.0. The van der Waals surface area contributed by atoms with Crippen LogP contribution in [0, 0.1) is 20.8 Å². The molecule has 0 atom stereocenters. The Hall–Kier alpha value is -2.35. The second-order valence-corrected chi connectivity index (χ2v) is 5.41. The normalized spacial score (nSPS) is 10.2. The van der Waals surface area contributed by atoms with Crippen LogP contribution in [0.3, 0.4) is 0 Å². The molecule has 0 radical (unpaired) electrons. The Morgan fingerprint density at radius 3 is 2.62 bits per heavy atom. The molecule has 8 heteroatoms. The monoisotopic (exact) mass is 308 g/mol. The zero-order chi connectivity index (χ0) is 15.4. The maximum Gasteiger partial charge on any atom is 0.333 e. The number of thiazole rings is 1. The van der Waals surface area contributed by atoms with Gasteiger partial charge in [-0.15, -0.1) is 11.3 Å². The molecule has 2 heterocycles. The number of carbonyl (C=O) groups excluding carboxylic acids is 2. The number of rotatable bonds is 3. The fraction of sp³-hybridized carbons (Fsp3) is 0.308. The first-order chi connectivity index (χ1) is 9.95. The molecule has 0 aromatic carbocycles. The quantitative estimate of drug-likeness (QED) is 0.753. The number of hydrogen-bond acceptors (Lipinski definition) is 5. The van der Waals surface area contributed by atoms with Crippen molar-refractivity contribution in [3.63, 3.8) is 0 Å². The summed E-state index contributed by atoms with van der Waals surface area (Å²) in [5, 5.41) is 5.30. The van der Waals surface area contributed by atoms with E-state index in [2.05, 4.69) is 21.2 Å². The van der Waals surface area contributed by atoms with Crippen LogP contribution in [0.1, 0.15) is 32.6 Å². The van der Waals surface area contributed by atoms with Gasteiger partial charge in [0.05, 0.1) is 12.1 Å². The lowest BCUT2D eigenvalue weighted by Gasteiger charge is -2.07. The third-order valence-corrected chi connectivity index (χ3v) is 3.61. The van der Waals surface area contributed by atoms with Crippen LogP contribution in [-0.2, 0) is 6.54 Å². The highest BCUT2D eigenvalue weighted by atomic mass is 32.1. The van der Waals surface area contributed by atoms with Gasteiger partial charge in [-0.1, -0.05) is 0 Å². The Kier molecular flexibility index (Phi) is 4.59. The van der Waals surface area contributed by atoms with Gasteiger partial charge in [0.1, 0.15) is 16.5 Å². The van der Waals surface area contributed by atoms with E-state index >= 15 is 0 Å². The van der Waals surface area contributed by atoms with Crippen LogP contribution in [0.2, 0.25) is 0 Å². The maximum atomic E-state index is 11.8. The molecule has 2 aromatic rings. The third kappa shape index (κ3) is 4.06. The Labute approximate surface area is 125 Å². The number of hydrogen-bond donors (Lipinski definition) is 3. The molecule has 0 saturated heterocycles. The van der Waals surface area contributed by atoms with E-state index in [1.165, 1.54) is 11.3 Å². The zero-order valence-electron chi connectivity index (χ0n) is 11.9. The number of carbonyl (C=O) groups is 2. The van der Waals surface area contributed by atoms with Crippen molar-refractivity contribution in [2.75, 3.05) is 0 Å². The highest BCUT2D eigenvalue weighted by molar-refractivity contribution is 7.09. The van der Waals surface area contributed by atoms with Crippen LogP contribution < -0.4 is 16.2 Å². The molecule has 0 aliphatic carbocycles. The number of nitrogens with one attached hydrogen (secondary N) is 3. The van der Waals surface area contributed by atoms with Gasteiger partial charge >= 0.3 is 6.03 Å². The number of hydrazine groups is 1. The van der Waals surface area contributed by atoms with Crippen molar-refractivity contribution in [2.24, 2.45) is 0 Å². The number of aromatic nitrogens is 1. The van der Waals surface area contributed by atoms with Crippen molar-refractivity contribution in [3.8, 4) is 0 Å². The molecule has 2 aromatic heterocycles. The lowest BCUT2D eigenvalue weighted by atomic mass is 10.2. The smallest absolute Gasteiger partial charge is 0.333 e. The van der Waals surface area contributed by atoms with E-state index in [0.717, 1.165) is 10.7 Å². The summed E-state index contributed by atoms with van der Waals surface area (Å²) < 4.78 is 5.25. The van der Waals surface area contributed by atoms with Crippen LogP contribution in [-0.4, -0.2) is 16.9 Å². The van der Waals surface area contributed by atoms with E-state index in [1.54, 1.807) is 19.9 Å². The van der Waals surface area contributed by atoms with Gasteiger partial charge in [0.2, 0.25) is 0 Å². The average molecular weight is 308 g/mol. The van der Waals surface area contributed by atoms with Crippen LogP contribution in [0.5, 0.6) is 0 Å². The van der Waals surface area contributed by atoms with Crippen molar-refractivity contribution >= 4 is 23.3 Å². The Bertz CT molecular complexity index is 662. The van der Waals surface area contributed by atoms with Gasteiger partial charge in [0.25, 0.3) is 5.91 Å². The largest absolute Gasteiger partial charge is 0.466 e. The Morgan fingerprint density at radius 2 is 2.05 bits per heavy atom. The fourth-order valence-corrected chi connectivity index (χ4v) is 2.43. The summed E-state index contributed by atoms with van der Waals surface area (Å²) in [7, 11) is 0. The van der Waals surface area contributed by atoms with E-state index in [0.29, 0.717) is 23.6 Å². The molecule has 0 unspecified atom stereocenters. The highest BCUT2D eigenvalue weighted by Gasteiger charge is 2.14. The molecule has 0 fully saturated rings. The second kappa shape index (κ2) is 6.40. The number of nitrogens with zero attached hydrogens (tertiary/aromatic N) is 1. The molecule has 3 amide bonds. The minimum atomic E-state index is -0.505. The van der Waals surface area contributed by atoms with Crippen molar-refractivity contribution < 1.29 is 14.0 Å². The summed E-state index contributed by atoms with van der Waals surface area (Å²) in [4.78, 5) is 27.6. The molecule has 0 aliphatic heterocycles. The van der Waals surface area contributed by atoms with E-state index in [-0.39, 0.29) is 0 Å². The molecule has 0 saturated carbocycles. The van der Waals surface area contributed by atoms with Crippen LogP contribution >= 0.6 is 11.3 Å². The van der Waals surface area contributed by atoms with Gasteiger partial charge in [0.15, 0.2) is 0 Å². The Morgan fingerprint density at radius 1 is 1.29 bits per heavy atom. The summed E-state index contributed by atoms with van der Waals surface area (Å²) in [5.41, 5.74) is 5.90. The van der Waals surface area contributed by atoms with Gasteiger partial charge in [0, 0.05) is 11.1 Å². The lowest BCUT2D eigenvalue weighted by Crippen LogP contribution is -2.46. The van der Waals surface area contributed by atoms with Gasteiger partial charge in [-0.05, 0) is 26.8 Å². The molecular weight excluding hydrogens is 292 g/mol. The minimum absolute atomic E-state index is 0.310. The molecular formula is C13H16N4O3S. The molecule has 2 rings (SSSR count). The van der Waals surface area contributed by atoms with Crippen LogP contribution in [0.25, 0.3) is 0 Å². The molecule has 0 bridgehead atoms. The zero-order valence-corrected chi connectivity index (χ0v) is 12.8. The number of furan rings is 1. The molecule has 0 aliphatic rings. The first-order valence-corrected chi connectivity index (χ1v) is 7.16. The third-order valence-electron chi connectivity index (χ3n) is 2.64. The Balaban J connectivity index is 1.78. The topological polar surface area (TPSA) is 96.3 Å². The predicted octanol–water partition coefficient (Wildman–Crippen LogP) is 1.81. The fourth-order valence-electron chi connectivity index (χ4n) is 1.72. The maximum absolute atomic E-state index is 11.8. The predicted molar refractivity (Wildman–Crippen MR) is 77.9 cm³/mol. The average Bonchev–Trinajstić information content (AvgIpc) is 2.99.